The topological polar surface area (TPSA) is 119 Å². The van der Waals surface area contributed by atoms with Crippen LogP contribution in [0.3, 0.4) is 0 Å². The van der Waals surface area contributed by atoms with E-state index in [0.29, 0.717) is 24.4 Å². The van der Waals surface area contributed by atoms with Crippen LogP contribution in [0.2, 0.25) is 6.32 Å². The minimum absolute atomic E-state index is 0. The molecule has 2 N–H and O–H groups in total. The summed E-state index contributed by atoms with van der Waals surface area (Å²) in [4.78, 5) is 24.9. The second kappa shape index (κ2) is 10.2. The van der Waals surface area contributed by atoms with Gasteiger partial charge in [0, 0.05) is 0 Å². The van der Waals surface area contributed by atoms with Gasteiger partial charge in [-0.2, -0.15) is 11.8 Å². The van der Waals surface area contributed by atoms with Crippen LogP contribution >= 0.6 is 11.8 Å². The first-order chi connectivity index (χ1) is 11.8. The molecule has 27 heavy (non-hydrogen) atoms. The Morgan fingerprint density at radius 3 is 2.63 bits per heavy atom. The van der Waals surface area contributed by atoms with Gasteiger partial charge in [0.1, 0.15) is 11.9 Å². The number of fused-ring (bicyclic) bond motifs is 1. The zero-order valence-corrected chi connectivity index (χ0v) is 20.5. The fourth-order valence-electron chi connectivity index (χ4n) is 2.93. The Bertz CT molecular complexity index is 716. The number of aromatic carboxylic acids is 1. The van der Waals surface area contributed by atoms with Crippen molar-refractivity contribution in [2.24, 2.45) is 0 Å². The molecule has 2 aliphatic rings. The standard InChI is InChI=1S/C15H19BNO7S.2Na/c1-25-8-12(18)17-6-10(7-17)23-11-3-2-9-4-5-16(21,22)24-14(9)13(11)15(19)20;;/h2-3,10,21-22H,4-8H2,1H3,(H,19,20);;/q-1;2*+1/p-1. The largest absolute Gasteiger partial charge is 1.00 e. The molecule has 0 atom stereocenters. The van der Waals surface area contributed by atoms with Crippen molar-refractivity contribution < 1.29 is 93.2 Å². The number of carbonyl (C=O) groups is 2. The van der Waals surface area contributed by atoms with Crippen LogP contribution in [0.1, 0.15) is 15.9 Å². The summed E-state index contributed by atoms with van der Waals surface area (Å²) >= 11 is 1.43. The average Bonchev–Trinajstić information content (AvgIpc) is 2.48. The molecule has 1 amide bonds. The Labute approximate surface area is 205 Å². The van der Waals surface area contributed by atoms with Crippen molar-refractivity contribution in [2.45, 2.75) is 18.8 Å². The Kier molecular flexibility index (Phi) is 9.52. The molecule has 0 aliphatic carbocycles. The number of aryl methyl sites for hydroxylation is 1. The van der Waals surface area contributed by atoms with Gasteiger partial charge in [-0.25, -0.2) is 0 Å². The van der Waals surface area contributed by atoms with Gasteiger partial charge in [-0.1, -0.05) is 12.4 Å². The Morgan fingerprint density at radius 2 is 2.04 bits per heavy atom. The number of carboxylic acid groups (broad SMARTS) is 1. The van der Waals surface area contributed by atoms with Crippen molar-refractivity contribution in [1.29, 1.82) is 0 Å². The van der Waals surface area contributed by atoms with Crippen molar-refractivity contribution in [3.63, 3.8) is 0 Å². The van der Waals surface area contributed by atoms with Crippen molar-refractivity contribution in [3.05, 3.63) is 23.3 Å². The number of benzene rings is 1. The average molecular weight is 413 g/mol. The number of hydrogen-bond acceptors (Lipinski definition) is 8. The third-order valence-electron chi connectivity index (χ3n) is 4.26. The molecular formula is C15H18BNNa2O7S. The number of carbonyl (C=O) groups excluding carboxylic acids is 2. The summed E-state index contributed by atoms with van der Waals surface area (Å²) in [5, 5.41) is 31.0. The molecule has 1 aromatic rings. The summed E-state index contributed by atoms with van der Waals surface area (Å²) in [6.07, 6.45) is 1.79. The molecule has 0 saturated carbocycles. The number of hydrogen-bond donors (Lipinski definition) is 2. The van der Waals surface area contributed by atoms with E-state index in [4.69, 9.17) is 9.39 Å². The zero-order chi connectivity index (χ0) is 18.2. The van der Waals surface area contributed by atoms with Gasteiger partial charge in [0.05, 0.1) is 36.1 Å². The van der Waals surface area contributed by atoms with Crippen LogP contribution in [0.4, 0.5) is 0 Å². The minimum Gasteiger partial charge on any atom is -0.669 e. The van der Waals surface area contributed by atoms with E-state index in [1.807, 2.05) is 6.26 Å². The summed E-state index contributed by atoms with van der Waals surface area (Å²) in [5.41, 5.74) is 0.220. The van der Waals surface area contributed by atoms with Crippen LogP contribution in [-0.4, -0.2) is 64.8 Å². The van der Waals surface area contributed by atoms with Gasteiger partial charge in [0.25, 0.3) is 0 Å². The predicted octanol–water partition coefficient (Wildman–Crippen LogP) is -7.13. The molecule has 12 heteroatoms. The van der Waals surface area contributed by atoms with E-state index in [2.05, 4.69) is 0 Å². The summed E-state index contributed by atoms with van der Waals surface area (Å²) < 4.78 is 10.8. The SMILES string of the molecule is CSCC(=O)N1CC(Oc2ccc3c(c2C(=O)[O-])O[B-](O)(O)CC3)C1.[Na+].[Na+]. The van der Waals surface area contributed by atoms with Crippen LogP contribution in [0.15, 0.2) is 12.1 Å². The van der Waals surface area contributed by atoms with Crippen molar-refractivity contribution in [1.82, 2.24) is 4.90 Å². The number of rotatable bonds is 5. The monoisotopic (exact) mass is 413 g/mol. The van der Waals surface area contributed by atoms with Gasteiger partial charge in [0.2, 0.25) is 5.91 Å². The first-order valence-corrected chi connectivity index (χ1v) is 9.30. The molecule has 2 heterocycles. The molecule has 1 aromatic carbocycles. The quantitative estimate of drug-likeness (QED) is 0.458. The number of amides is 1. The molecule has 0 radical (unpaired) electrons. The summed E-state index contributed by atoms with van der Waals surface area (Å²) in [5.74, 6) is -1.21. The van der Waals surface area contributed by atoms with Gasteiger partial charge in [0.15, 0.2) is 0 Å². The van der Waals surface area contributed by atoms with E-state index < -0.39 is 12.7 Å². The van der Waals surface area contributed by atoms with E-state index in [1.165, 1.54) is 17.8 Å². The molecule has 0 unspecified atom stereocenters. The molecule has 8 nitrogen and oxygen atoms in total. The van der Waals surface area contributed by atoms with Gasteiger partial charge < -0.3 is 34.2 Å². The number of likely N-dealkylation sites (tertiary alicyclic amines) is 1. The maximum absolute atomic E-state index is 11.7. The molecule has 1 fully saturated rings. The fraction of sp³-hybridized carbons (Fsp3) is 0.467. The molecule has 0 spiro atoms. The molecule has 2 aliphatic heterocycles. The molecular weight excluding hydrogens is 395 g/mol. The van der Waals surface area contributed by atoms with Crippen LogP contribution in [-0.2, 0) is 11.2 Å². The second-order valence-corrected chi connectivity index (χ2v) is 7.07. The molecule has 1 saturated heterocycles. The number of thioether (sulfide) groups is 1. The van der Waals surface area contributed by atoms with Gasteiger partial charge in [-0.3, -0.25) is 4.79 Å². The van der Waals surface area contributed by atoms with Crippen LogP contribution in [0, 0.1) is 0 Å². The van der Waals surface area contributed by atoms with Gasteiger partial charge in [-0.05, 0) is 24.3 Å². The van der Waals surface area contributed by atoms with Crippen molar-refractivity contribution in [3.8, 4) is 11.5 Å². The first kappa shape index (κ1) is 25.1. The van der Waals surface area contributed by atoms with E-state index in [-0.39, 0.29) is 101 Å². The number of nitrogens with zero attached hydrogens (tertiary/aromatic N) is 1. The third kappa shape index (κ3) is 5.80. The van der Waals surface area contributed by atoms with Crippen molar-refractivity contribution in [2.75, 3.05) is 25.1 Å². The fourth-order valence-corrected chi connectivity index (χ4v) is 3.36. The molecule has 136 valence electrons. The van der Waals surface area contributed by atoms with Crippen LogP contribution in [0.5, 0.6) is 11.5 Å². The van der Waals surface area contributed by atoms with Gasteiger partial charge >= 0.3 is 65.9 Å². The zero-order valence-electron chi connectivity index (χ0n) is 15.6. The predicted molar refractivity (Wildman–Crippen MR) is 89.5 cm³/mol. The summed E-state index contributed by atoms with van der Waals surface area (Å²) in [7, 11) is 0. The smallest absolute Gasteiger partial charge is 0.669 e. The summed E-state index contributed by atoms with van der Waals surface area (Å²) in [6, 6.07) is 3.15. The van der Waals surface area contributed by atoms with E-state index in [0.717, 1.165) is 0 Å². The normalized spacial score (nSPS) is 17.4. The second-order valence-electron chi connectivity index (χ2n) is 6.20. The minimum atomic E-state index is -3.09. The van der Waals surface area contributed by atoms with E-state index in [9.17, 15) is 24.7 Å². The van der Waals surface area contributed by atoms with Crippen molar-refractivity contribution >= 4 is 30.4 Å². The Morgan fingerprint density at radius 1 is 1.37 bits per heavy atom. The Hall–Kier alpha value is 0.0949. The maximum Gasteiger partial charge on any atom is 1.00 e. The van der Waals surface area contributed by atoms with E-state index >= 15 is 0 Å². The van der Waals surface area contributed by atoms with Crippen LogP contribution in [0.25, 0.3) is 0 Å². The molecule has 0 bridgehead atoms. The maximum atomic E-state index is 11.7. The first-order valence-electron chi connectivity index (χ1n) is 7.90. The van der Waals surface area contributed by atoms with Gasteiger partial charge in [-0.15, -0.1) is 0 Å². The summed E-state index contributed by atoms with van der Waals surface area (Å²) in [6.45, 7) is -2.35. The van der Waals surface area contributed by atoms with Crippen LogP contribution < -0.4 is 73.6 Å². The third-order valence-corrected chi connectivity index (χ3v) is 4.80. The number of ether oxygens (including phenoxy) is 1. The molecule has 0 aromatic heterocycles. The molecule has 3 rings (SSSR count). The van der Waals surface area contributed by atoms with E-state index in [1.54, 1.807) is 11.0 Å². The Balaban J connectivity index is 0.00000182. The number of carboxylic acids is 1.